The molecule has 1 atom stereocenters. The number of aliphatic hydroxyl groups is 1. The number of likely N-dealkylation sites (N-methyl/N-ethyl adjacent to an activating group) is 1. The molecule has 0 aliphatic carbocycles. The molecule has 118 valence electrons. The van der Waals surface area contributed by atoms with Gasteiger partial charge in [-0.3, -0.25) is 4.79 Å². The largest absolute Gasteiger partial charge is 0.394 e. The third-order valence-electron chi connectivity index (χ3n) is 3.85. The zero-order valence-corrected chi connectivity index (χ0v) is 14.3. The molecule has 0 aliphatic rings. The predicted octanol–water partition coefficient (Wildman–Crippen LogP) is 3.13. The second-order valence-corrected chi connectivity index (χ2v) is 6.43. The van der Waals surface area contributed by atoms with E-state index < -0.39 is 0 Å². The van der Waals surface area contributed by atoms with Gasteiger partial charge in [-0.05, 0) is 25.8 Å². The fraction of sp³-hybridized carbons (Fsp3) is 0.412. The fourth-order valence-corrected chi connectivity index (χ4v) is 3.14. The molecule has 0 aliphatic heterocycles. The Kier molecular flexibility index (Phi) is 5.32. The summed E-state index contributed by atoms with van der Waals surface area (Å²) in [5, 5.41) is 10.1. The average molecular weight is 318 g/mol. The predicted molar refractivity (Wildman–Crippen MR) is 90.3 cm³/mol. The molecule has 4 nitrogen and oxygen atoms in total. The van der Waals surface area contributed by atoms with Crippen molar-refractivity contribution in [3.63, 3.8) is 0 Å². The lowest BCUT2D eigenvalue weighted by Gasteiger charge is -2.22. The maximum absolute atomic E-state index is 12.5. The number of thiazole rings is 1. The van der Waals surface area contributed by atoms with Crippen LogP contribution in [0.5, 0.6) is 0 Å². The molecule has 1 N–H and O–H groups in total. The maximum atomic E-state index is 12.5. The van der Waals surface area contributed by atoms with Crippen molar-refractivity contribution in [2.75, 3.05) is 13.7 Å². The van der Waals surface area contributed by atoms with Gasteiger partial charge in [0.05, 0.1) is 18.3 Å². The minimum Gasteiger partial charge on any atom is -0.394 e. The van der Waals surface area contributed by atoms with Crippen LogP contribution in [0.3, 0.4) is 0 Å². The van der Waals surface area contributed by atoms with Crippen LogP contribution in [-0.4, -0.2) is 40.6 Å². The molecule has 1 aromatic heterocycles. The number of carbonyl (C=O) groups is 1. The van der Waals surface area contributed by atoms with Crippen molar-refractivity contribution in [1.29, 1.82) is 0 Å². The van der Waals surface area contributed by atoms with E-state index in [9.17, 15) is 9.90 Å². The number of aliphatic hydroxyl groups excluding tert-OH is 1. The van der Waals surface area contributed by atoms with E-state index in [1.807, 2.05) is 26.0 Å². The molecule has 1 aromatic carbocycles. The lowest BCUT2D eigenvalue weighted by molar-refractivity contribution is 0.0686. The summed E-state index contributed by atoms with van der Waals surface area (Å²) in [6.45, 7) is 5.74. The number of hydrogen-bond acceptors (Lipinski definition) is 4. The summed E-state index contributed by atoms with van der Waals surface area (Å²) in [5.41, 5.74) is 3.05. The SMILES string of the molecule is CCc1ccc(-c2nc(C)c(C(=O)N(C)C(C)CO)s2)cc1. The number of hydrogen-bond donors (Lipinski definition) is 1. The average Bonchev–Trinajstić information content (AvgIpc) is 2.94. The summed E-state index contributed by atoms with van der Waals surface area (Å²) in [5.74, 6) is -0.0898. The fourth-order valence-electron chi connectivity index (χ4n) is 2.08. The first-order valence-electron chi connectivity index (χ1n) is 7.42. The molecule has 0 bridgehead atoms. The molecule has 0 fully saturated rings. The molecule has 2 rings (SSSR count). The molecule has 0 spiro atoms. The van der Waals surface area contributed by atoms with Crippen LogP contribution in [0.2, 0.25) is 0 Å². The van der Waals surface area contributed by atoms with Gasteiger partial charge in [0.25, 0.3) is 5.91 Å². The Morgan fingerprint density at radius 1 is 1.36 bits per heavy atom. The number of rotatable bonds is 5. The number of amides is 1. The molecule has 1 heterocycles. The lowest BCUT2D eigenvalue weighted by atomic mass is 10.1. The van der Waals surface area contributed by atoms with Crippen LogP contribution in [0.1, 0.15) is 34.8 Å². The van der Waals surface area contributed by atoms with Gasteiger partial charge >= 0.3 is 0 Å². The van der Waals surface area contributed by atoms with Crippen LogP contribution < -0.4 is 0 Å². The van der Waals surface area contributed by atoms with Gasteiger partial charge in [0.2, 0.25) is 0 Å². The first-order valence-corrected chi connectivity index (χ1v) is 8.24. The van der Waals surface area contributed by atoms with Gasteiger partial charge in [0.15, 0.2) is 0 Å². The van der Waals surface area contributed by atoms with Gasteiger partial charge in [0, 0.05) is 12.6 Å². The summed E-state index contributed by atoms with van der Waals surface area (Å²) < 4.78 is 0. The highest BCUT2D eigenvalue weighted by atomic mass is 32.1. The van der Waals surface area contributed by atoms with Crippen molar-refractivity contribution in [2.24, 2.45) is 0 Å². The normalized spacial score (nSPS) is 12.2. The van der Waals surface area contributed by atoms with Crippen molar-refractivity contribution < 1.29 is 9.90 Å². The zero-order valence-electron chi connectivity index (χ0n) is 13.5. The van der Waals surface area contributed by atoms with Gasteiger partial charge < -0.3 is 10.0 Å². The molecule has 22 heavy (non-hydrogen) atoms. The minimum atomic E-state index is -0.207. The highest BCUT2D eigenvalue weighted by molar-refractivity contribution is 7.17. The number of aryl methyl sites for hydroxylation is 2. The lowest BCUT2D eigenvalue weighted by Crippen LogP contribution is -2.37. The summed E-state index contributed by atoms with van der Waals surface area (Å²) >= 11 is 1.41. The van der Waals surface area contributed by atoms with Crippen molar-refractivity contribution in [3.05, 3.63) is 40.4 Å². The van der Waals surface area contributed by atoms with E-state index in [0.29, 0.717) is 4.88 Å². The number of carbonyl (C=O) groups excluding carboxylic acids is 1. The van der Waals surface area contributed by atoms with E-state index in [-0.39, 0.29) is 18.6 Å². The Balaban J connectivity index is 2.29. The van der Waals surface area contributed by atoms with Crippen molar-refractivity contribution in [1.82, 2.24) is 9.88 Å². The highest BCUT2D eigenvalue weighted by Crippen LogP contribution is 2.29. The second-order valence-electron chi connectivity index (χ2n) is 5.43. The van der Waals surface area contributed by atoms with E-state index in [1.54, 1.807) is 11.9 Å². The Morgan fingerprint density at radius 2 is 2.00 bits per heavy atom. The van der Waals surface area contributed by atoms with E-state index in [0.717, 1.165) is 22.7 Å². The molecule has 0 saturated heterocycles. The molecule has 1 amide bonds. The smallest absolute Gasteiger partial charge is 0.265 e. The summed E-state index contributed by atoms with van der Waals surface area (Å²) in [7, 11) is 1.71. The van der Waals surface area contributed by atoms with Crippen molar-refractivity contribution in [3.8, 4) is 10.6 Å². The Morgan fingerprint density at radius 3 is 2.55 bits per heavy atom. The van der Waals surface area contributed by atoms with E-state index >= 15 is 0 Å². The topological polar surface area (TPSA) is 53.4 Å². The standard InChI is InChI=1S/C17H22N2O2S/c1-5-13-6-8-14(9-7-13)16-18-12(3)15(22-16)17(21)19(4)11(2)10-20/h6-9,11,20H,5,10H2,1-4H3. The first-order chi connectivity index (χ1) is 10.5. The van der Waals surface area contributed by atoms with Crippen LogP contribution in [0.25, 0.3) is 10.6 Å². The van der Waals surface area contributed by atoms with E-state index in [4.69, 9.17) is 0 Å². The molecule has 5 heteroatoms. The van der Waals surface area contributed by atoms with Gasteiger partial charge in [-0.1, -0.05) is 31.2 Å². The van der Waals surface area contributed by atoms with Crippen LogP contribution >= 0.6 is 11.3 Å². The molecule has 0 saturated carbocycles. The first kappa shape index (κ1) is 16.6. The zero-order chi connectivity index (χ0) is 16.3. The van der Waals surface area contributed by atoms with Crippen LogP contribution in [0.15, 0.2) is 24.3 Å². The Labute approximate surface area is 135 Å². The van der Waals surface area contributed by atoms with Crippen molar-refractivity contribution >= 4 is 17.2 Å². The summed E-state index contributed by atoms with van der Waals surface area (Å²) in [4.78, 5) is 19.2. The third kappa shape index (κ3) is 3.36. The van der Waals surface area contributed by atoms with E-state index in [2.05, 4.69) is 24.0 Å². The third-order valence-corrected chi connectivity index (χ3v) is 5.04. The quantitative estimate of drug-likeness (QED) is 0.921. The summed E-state index contributed by atoms with van der Waals surface area (Å²) in [6, 6.07) is 8.07. The second kappa shape index (κ2) is 7.03. The Bertz CT molecular complexity index is 649. The number of nitrogens with zero attached hydrogens (tertiary/aromatic N) is 2. The van der Waals surface area contributed by atoms with E-state index in [1.165, 1.54) is 16.9 Å². The number of aromatic nitrogens is 1. The molecule has 0 radical (unpaired) electrons. The Hall–Kier alpha value is -1.72. The van der Waals surface area contributed by atoms with Gasteiger partial charge in [-0.25, -0.2) is 4.98 Å². The number of benzene rings is 1. The van der Waals surface area contributed by atoms with Crippen molar-refractivity contribution in [2.45, 2.75) is 33.2 Å². The van der Waals surface area contributed by atoms with Crippen LogP contribution in [0, 0.1) is 6.92 Å². The van der Waals surface area contributed by atoms with Crippen LogP contribution in [-0.2, 0) is 6.42 Å². The van der Waals surface area contributed by atoms with Gasteiger partial charge in [-0.2, -0.15) is 0 Å². The maximum Gasteiger partial charge on any atom is 0.265 e. The monoisotopic (exact) mass is 318 g/mol. The van der Waals surface area contributed by atoms with Gasteiger partial charge in [-0.15, -0.1) is 11.3 Å². The molecular formula is C17H22N2O2S. The molecule has 1 unspecified atom stereocenters. The van der Waals surface area contributed by atoms with Gasteiger partial charge in [0.1, 0.15) is 9.88 Å². The summed E-state index contributed by atoms with van der Waals surface area (Å²) in [6.07, 6.45) is 1.00. The minimum absolute atomic E-state index is 0.0502. The molecular weight excluding hydrogens is 296 g/mol. The van der Waals surface area contributed by atoms with Crippen LogP contribution in [0.4, 0.5) is 0 Å². The molecule has 2 aromatic rings. The highest BCUT2D eigenvalue weighted by Gasteiger charge is 2.22.